The highest BCUT2D eigenvalue weighted by atomic mass is 16.3. The number of hydrogen-bond acceptors (Lipinski definition) is 3. The Hall–Kier alpha value is -1.64. The Morgan fingerprint density at radius 3 is 2.62 bits per heavy atom. The van der Waals surface area contributed by atoms with E-state index in [1.54, 1.807) is 19.1 Å². The van der Waals surface area contributed by atoms with Gasteiger partial charge in [0.25, 0.3) is 0 Å². The Labute approximate surface area is 76.0 Å². The number of phenolic OH excluding ortho intramolecular Hbond substituents is 1. The van der Waals surface area contributed by atoms with Crippen molar-refractivity contribution in [1.29, 1.82) is 0 Å². The number of aromatic hydroxyl groups is 1. The third-order valence-corrected chi connectivity index (χ3v) is 1.93. The van der Waals surface area contributed by atoms with Crippen molar-refractivity contribution in [2.45, 2.75) is 12.8 Å². The van der Waals surface area contributed by atoms with Gasteiger partial charge in [0, 0.05) is 5.92 Å². The molecule has 0 aliphatic heterocycles. The number of carbonyl (C=O) groups excluding carboxylic acids is 2. The van der Waals surface area contributed by atoms with E-state index in [9.17, 15) is 14.7 Å². The second-order valence-corrected chi connectivity index (χ2v) is 2.82. The van der Waals surface area contributed by atoms with E-state index in [1.165, 1.54) is 6.07 Å². The first-order chi connectivity index (χ1) is 6.20. The predicted molar refractivity (Wildman–Crippen MR) is 48.0 cm³/mol. The fraction of sp³-hybridized carbons (Fsp3) is 0.200. The van der Waals surface area contributed by atoms with Gasteiger partial charge in [0.05, 0.1) is 5.56 Å². The standard InChI is InChI=1S/C10H10O3/c1-7(5-11)8-3-2-4-10(13)9(8)6-12/h2-7,13H,1H3. The zero-order valence-corrected chi connectivity index (χ0v) is 7.23. The fourth-order valence-electron chi connectivity index (χ4n) is 1.17. The van der Waals surface area contributed by atoms with Crippen molar-refractivity contribution < 1.29 is 14.7 Å². The number of rotatable bonds is 3. The van der Waals surface area contributed by atoms with Gasteiger partial charge in [-0.25, -0.2) is 0 Å². The summed E-state index contributed by atoms with van der Waals surface area (Å²) < 4.78 is 0. The molecule has 0 radical (unpaired) electrons. The summed E-state index contributed by atoms with van der Waals surface area (Å²) in [5, 5.41) is 9.29. The SMILES string of the molecule is CC(C=O)c1cccc(O)c1C=O. The van der Waals surface area contributed by atoms with Crippen LogP contribution in [0.2, 0.25) is 0 Å². The van der Waals surface area contributed by atoms with E-state index >= 15 is 0 Å². The minimum absolute atomic E-state index is 0.0822. The second kappa shape index (κ2) is 3.85. The Bertz CT molecular complexity index is 331. The maximum absolute atomic E-state index is 10.6. The van der Waals surface area contributed by atoms with Gasteiger partial charge in [-0.15, -0.1) is 0 Å². The van der Waals surface area contributed by atoms with Gasteiger partial charge in [0.1, 0.15) is 12.0 Å². The maximum Gasteiger partial charge on any atom is 0.154 e. The summed E-state index contributed by atoms with van der Waals surface area (Å²) in [6.07, 6.45) is 1.30. The van der Waals surface area contributed by atoms with Gasteiger partial charge in [-0.05, 0) is 11.6 Å². The molecule has 0 aliphatic carbocycles. The summed E-state index contributed by atoms with van der Waals surface area (Å²) in [4.78, 5) is 21.1. The molecule has 0 aromatic heterocycles. The van der Waals surface area contributed by atoms with Gasteiger partial charge >= 0.3 is 0 Å². The average molecular weight is 178 g/mol. The van der Waals surface area contributed by atoms with Gasteiger partial charge in [0.15, 0.2) is 6.29 Å². The van der Waals surface area contributed by atoms with E-state index in [4.69, 9.17) is 0 Å². The summed E-state index contributed by atoms with van der Waals surface area (Å²) in [7, 11) is 0. The van der Waals surface area contributed by atoms with Gasteiger partial charge in [-0.2, -0.15) is 0 Å². The molecule has 3 heteroatoms. The molecule has 3 nitrogen and oxygen atoms in total. The van der Waals surface area contributed by atoms with Crippen molar-refractivity contribution in [1.82, 2.24) is 0 Å². The maximum atomic E-state index is 10.6. The van der Waals surface area contributed by atoms with Gasteiger partial charge in [-0.1, -0.05) is 19.1 Å². The quantitative estimate of drug-likeness (QED) is 0.713. The summed E-state index contributed by atoms with van der Waals surface area (Å²) in [5.41, 5.74) is 0.757. The Balaban J connectivity index is 3.27. The minimum atomic E-state index is -0.368. The molecule has 1 rings (SSSR count). The number of hydrogen-bond donors (Lipinski definition) is 1. The summed E-state index contributed by atoms with van der Waals surface area (Å²) in [6, 6.07) is 4.69. The molecular weight excluding hydrogens is 168 g/mol. The lowest BCUT2D eigenvalue weighted by Crippen LogP contribution is -1.99. The molecule has 1 atom stereocenters. The van der Waals surface area contributed by atoms with Crippen LogP contribution in [-0.2, 0) is 4.79 Å². The van der Waals surface area contributed by atoms with Crippen LogP contribution < -0.4 is 0 Å². The highest BCUT2D eigenvalue weighted by molar-refractivity contribution is 5.83. The van der Waals surface area contributed by atoms with Crippen molar-refractivity contribution in [2.75, 3.05) is 0 Å². The zero-order valence-electron chi connectivity index (χ0n) is 7.23. The first-order valence-corrected chi connectivity index (χ1v) is 3.93. The molecule has 0 heterocycles. The summed E-state index contributed by atoms with van der Waals surface area (Å²) >= 11 is 0. The number of phenols is 1. The van der Waals surface area contributed by atoms with Crippen molar-refractivity contribution >= 4 is 12.6 Å². The van der Waals surface area contributed by atoms with Crippen molar-refractivity contribution in [3.8, 4) is 5.75 Å². The van der Waals surface area contributed by atoms with Crippen LogP contribution in [0.4, 0.5) is 0 Å². The molecule has 1 unspecified atom stereocenters. The topological polar surface area (TPSA) is 54.4 Å². The molecular formula is C10H10O3. The first-order valence-electron chi connectivity index (χ1n) is 3.93. The molecule has 1 N–H and O–H groups in total. The number of benzene rings is 1. The lowest BCUT2D eigenvalue weighted by Gasteiger charge is -2.07. The zero-order chi connectivity index (χ0) is 9.84. The second-order valence-electron chi connectivity index (χ2n) is 2.82. The predicted octanol–water partition coefficient (Wildman–Crippen LogP) is 1.51. The fourth-order valence-corrected chi connectivity index (χ4v) is 1.17. The Kier molecular flexibility index (Phi) is 2.80. The molecule has 1 aromatic rings. The van der Waals surface area contributed by atoms with Crippen molar-refractivity contribution in [3.05, 3.63) is 29.3 Å². The molecule has 0 fully saturated rings. The normalized spacial score (nSPS) is 12.1. The summed E-state index contributed by atoms with van der Waals surface area (Å²) in [5.74, 6) is -0.450. The molecule has 0 saturated heterocycles. The van der Waals surface area contributed by atoms with E-state index in [2.05, 4.69) is 0 Å². The minimum Gasteiger partial charge on any atom is -0.507 e. The Morgan fingerprint density at radius 1 is 1.38 bits per heavy atom. The molecule has 0 saturated carbocycles. The van der Waals surface area contributed by atoms with Crippen LogP contribution in [0.25, 0.3) is 0 Å². The molecule has 0 spiro atoms. The lowest BCUT2D eigenvalue weighted by atomic mass is 9.97. The Morgan fingerprint density at radius 2 is 2.08 bits per heavy atom. The molecule has 0 aliphatic rings. The first kappa shape index (κ1) is 9.45. The number of carbonyl (C=O) groups is 2. The van der Waals surface area contributed by atoms with Gasteiger partial charge in [-0.3, -0.25) is 4.79 Å². The highest BCUT2D eigenvalue weighted by Crippen LogP contribution is 2.24. The van der Waals surface area contributed by atoms with Crippen LogP contribution in [0, 0.1) is 0 Å². The van der Waals surface area contributed by atoms with Crippen LogP contribution in [-0.4, -0.2) is 17.7 Å². The monoisotopic (exact) mass is 178 g/mol. The van der Waals surface area contributed by atoms with Gasteiger partial charge in [0.2, 0.25) is 0 Å². The van der Waals surface area contributed by atoms with Crippen LogP contribution in [0.15, 0.2) is 18.2 Å². The number of aldehydes is 2. The van der Waals surface area contributed by atoms with E-state index in [0.717, 1.165) is 6.29 Å². The molecule has 13 heavy (non-hydrogen) atoms. The van der Waals surface area contributed by atoms with Crippen LogP contribution in [0.1, 0.15) is 28.8 Å². The van der Waals surface area contributed by atoms with Gasteiger partial charge < -0.3 is 9.90 Å². The largest absolute Gasteiger partial charge is 0.507 e. The van der Waals surface area contributed by atoms with E-state index < -0.39 is 0 Å². The molecule has 68 valence electrons. The highest BCUT2D eigenvalue weighted by Gasteiger charge is 2.11. The average Bonchev–Trinajstić information content (AvgIpc) is 2.16. The van der Waals surface area contributed by atoms with E-state index in [1.807, 2.05) is 0 Å². The van der Waals surface area contributed by atoms with Crippen LogP contribution in [0.3, 0.4) is 0 Å². The lowest BCUT2D eigenvalue weighted by molar-refractivity contribution is -0.108. The van der Waals surface area contributed by atoms with E-state index in [0.29, 0.717) is 11.8 Å². The van der Waals surface area contributed by atoms with Crippen LogP contribution in [0.5, 0.6) is 5.75 Å². The van der Waals surface area contributed by atoms with Crippen LogP contribution >= 0.6 is 0 Å². The summed E-state index contributed by atoms with van der Waals surface area (Å²) in [6.45, 7) is 1.68. The van der Waals surface area contributed by atoms with Crippen molar-refractivity contribution in [2.24, 2.45) is 0 Å². The third kappa shape index (κ3) is 1.75. The smallest absolute Gasteiger partial charge is 0.154 e. The molecule has 1 aromatic carbocycles. The molecule has 0 amide bonds. The third-order valence-electron chi connectivity index (χ3n) is 1.93. The van der Waals surface area contributed by atoms with Crippen molar-refractivity contribution in [3.63, 3.8) is 0 Å². The van der Waals surface area contributed by atoms with E-state index in [-0.39, 0.29) is 17.2 Å². The molecule has 0 bridgehead atoms.